The fourth-order valence-corrected chi connectivity index (χ4v) is 12.3. The van der Waals surface area contributed by atoms with E-state index in [1.165, 1.54) is 40.3 Å². The first kappa shape index (κ1) is 34.8. The lowest BCUT2D eigenvalue weighted by molar-refractivity contribution is 0.569. The van der Waals surface area contributed by atoms with Crippen molar-refractivity contribution in [2.24, 2.45) is 0 Å². The van der Waals surface area contributed by atoms with Crippen LogP contribution < -0.4 is 0 Å². The zero-order chi connectivity index (χ0) is 39.8. The second-order valence-electron chi connectivity index (χ2n) is 17.5. The van der Waals surface area contributed by atoms with Crippen LogP contribution in [0.1, 0.15) is 63.8 Å². The number of rotatable bonds is 2. The maximum absolute atomic E-state index is 11.7. The molecule has 11 rings (SSSR count). The van der Waals surface area contributed by atoms with E-state index in [0.717, 1.165) is 66.1 Å². The Labute approximate surface area is 344 Å². The van der Waals surface area contributed by atoms with Crippen LogP contribution in [0.2, 0.25) is 0 Å². The van der Waals surface area contributed by atoms with Gasteiger partial charge in [0.15, 0.2) is 0 Å². The highest BCUT2D eigenvalue weighted by molar-refractivity contribution is 7.27. The molecule has 0 atom stereocenters. The second-order valence-corrected chi connectivity index (χ2v) is 19.6. The summed E-state index contributed by atoms with van der Waals surface area (Å²) < 4.78 is 9.62. The molecule has 7 aromatic carbocycles. The Morgan fingerprint density at radius 1 is 0.414 bits per heavy atom. The summed E-state index contributed by atoms with van der Waals surface area (Å²) in [4.78, 5) is 0. The minimum Gasteiger partial charge on any atom is -0.306 e. The Bertz CT molecular complexity index is 3440. The molecule has 0 fully saturated rings. The monoisotopic (exact) mass is 782 g/mol. The SMILES string of the molecule is CC(C)(C)c1c(C#N)c(-n2c3ccccc3c3ccc4c5ccccc5sc4c32)c(C(C)(C)C)c(-n2c3ccccc3c3ccc4c5ccccc5sc4c32)c1C#N. The van der Waals surface area contributed by atoms with Crippen molar-refractivity contribution in [3.05, 3.63) is 144 Å². The highest BCUT2D eigenvalue weighted by atomic mass is 32.1. The third-order valence-electron chi connectivity index (χ3n) is 12.0. The van der Waals surface area contributed by atoms with Gasteiger partial charge < -0.3 is 9.13 Å². The van der Waals surface area contributed by atoms with Crippen molar-refractivity contribution in [3.8, 4) is 23.5 Å². The van der Waals surface area contributed by atoms with Crippen LogP contribution in [0.5, 0.6) is 0 Å². The highest BCUT2D eigenvalue weighted by Gasteiger charge is 2.38. The lowest BCUT2D eigenvalue weighted by Crippen LogP contribution is -2.26. The van der Waals surface area contributed by atoms with E-state index in [1.54, 1.807) is 0 Å². The first-order valence-electron chi connectivity index (χ1n) is 19.7. The average molecular weight is 783 g/mol. The van der Waals surface area contributed by atoms with Gasteiger partial charge in [0, 0.05) is 58.1 Å². The summed E-state index contributed by atoms with van der Waals surface area (Å²) in [5, 5.41) is 32.7. The second kappa shape index (κ2) is 12.0. The molecule has 278 valence electrons. The number of nitrogens with zero attached hydrogens (tertiary/aromatic N) is 4. The van der Waals surface area contributed by atoms with Gasteiger partial charge in [-0.1, -0.05) is 139 Å². The van der Waals surface area contributed by atoms with E-state index in [-0.39, 0.29) is 0 Å². The van der Waals surface area contributed by atoms with Crippen LogP contribution in [0.4, 0.5) is 0 Å². The summed E-state index contributed by atoms with van der Waals surface area (Å²) in [7, 11) is 0. The van der Waals surface area contributed by atoms with Crippen LogP contribution in [0.15, 0.2) is 121 Å². The van der Waals surface area contributed by atoms with Gasteiger partial charge in [-0.3, -0.25) is 0 Å². The summed E-state index contributed by atoms with van der Waals surface area (Å²) in [6, 6.07) is 49.1. The Hall–Kier alpha value is -6.44. The molecule has 4 nitrogen and oxygen atoms in total. The molecule has 4 heterocycles. The predicted molar refractivity (Wildman–Crippen MR) is 248 cm³/mol. The molecule has 0 saturated carbocycles. The Kier molecular flexibility index (Phi) is 7.22. The third kappa shape index (κ3) is 4.59. The quantitative estimate of drug-likeness (QED) is 0.175. The number of aromatic nitrogens is 2. The number of fused-ring (bicyclic) bond motifs is 14. The molecule has 0 saturated heterocycles. The summed E-state index contributed by atoms with van der Waals surface area (Å²) in [5.41, 5.74) is 7.68. The zero-order valence-electron chi connectivity index (χ0n) is 33.2. The molecule has 0 bridgehead atoms. The van der Waals surface area contributed by atoms with Crippen molar-refractivity contribution in [1.82, 2.24) is 9.13 Å². The van der Waals surface area contributed by atoms with Crippen LogP contribution in [0.3, 0.4) is 0 Å². The van der Waals surface area contributed by atoms with Crippen molar-refractivity contribution in [3.63, 3.8) is 0 Å². The number of benzene rings is 7. The normalized spacial score (nSPS) is 12.6. The van der Waals surface area contributed by atoms with Crippen molar-refractivity contribution in [2.75, 3.05) is 0 Å². The maximum atomic E-state index is 11.7. The molecule has 0 unspecified atom stereocenters. The maximum Gasteiger partial charge on any atom is 0.102 e. The van der Waals surface area contributed by atoms with Gasteiger partial charge in [-0.05, 0) is 40.7 Å². The molecule has 0 N–H and O–H groups in total. The minimum absolute atomic E-state index is 0.532. The molecular weight excluding hydrogens is 745 g/mol. The van der Waals surface area contributed by atoms with Gasteiger partial charge in [-0.25, -0.2) is 0 Å². The highest BCUT2D eigenvalue weighted by Crippen LogP contribution is 2.51. The number of hydrogen-bond donors (Lipinski definition) is 0. The van der Waals surface area contributed by atoms with E-state index in [2.05, 4.69) is 184 Å². The molecule has 58 heavy (non-hydrogen) atoms. The molecule has 4 aromatic heterocycles. The largest absolute Gasteiger partial charge is 0.306 e. The van der Waals surface area contributed by atoms with Gasteiger partial charge in [0.1, 0.15) is 12.1 Å². The number of hydrogen-bond acceptors (Lipinski definition) is 4. The number of thiophene rings is 2. The van der Waals surface area contributed by atoms with Crippen LogP contribution in [0.25, 0.3) is 95.3 Å². The standard InChI is InChI=1S/C52H38N4S2/c1-51(2,3)43-37(27-53)45(55-39-19-11-7-15-29(39)33-23-25-35-31-17-9-13-21-41(31)57-49(35)47(33)55)44(52(4,5)6)46(38(43)28-54)56-40-20-12-8-16-30(40)34-24-26-36-32-18-10-14-22-42(32)58-50(36)48(34)56/h7-26H,1-6H3. The molecule has 6 heteroatoms. The van der Waals surface area contributed by atoms with Crippen molar-refractivity contribution in [2.45, 2.75) is 52.4 Å². The lowest BCUT2D eigenvalue weighted by Gasteiger charge is -2.34. The van der Waals surface area contributed by atoms with Crippen molar-refractivity contribution in [1.29, 1.82) is 10.5 Å². The van der Waals surface area contributed by atoms with E-state index in [1.807, 2.05) is 22.7 Å². The van der Waals surface area contributed by atoms with E-state index in [9.17, 15) is 10.5 Å². The van der Waals surface area contributed by atoms with Gasteiger partial charge in [-0.2, -0.15) is 10.5 Å². The molecule has 0 aliphatic rings. The predicted octanol–water partition coefficient (Wildman–Crippen LogP) is 15.0. The first-order chi connectivity index (χ1) is 28.0. The Morgan fingerprint density at radius 3 is 1.17 bits per heavy atom. The third-order valence-corrected chi connectivity index (χ3v) is 14.4. The number of para-hydroxylation sites is 2. The van der Waals surface area contributed by atoms with E-state index < -0.39 is 10.8 Å². The smallest absolute Gasteiger partial charge is 0.102 e. The molecule has 11 aromatic rings. The molecule has 0 radical (unpaired) electrons. The van der Waals surface area contributed by atoms with Gasteiger partial charge in [0.05, 0.1) is 54.0 Å². The molecule has 0 amide bonds. The average Bonchev–Trinajstić information content (AvgIpc) is 3.96. The van der Waals surface area contributed by atoms with E-state index in [4.69, 9.17) is 0 Å². The molecule has 0 spiro atoms. The molecule has 0 aliphatic heterocycles. The number of nitriles is 2. The minimum atomic E-state index is -0.562. The Balaban J connectivity index is 1.46. The summed E-state index contributed by atoms with van der Waals surface area (Å²) in [6.07, 6.45) is 0. The summed E-state index contributed by atoms with van der Waals surface area (Å²) >= 11 is 3.62. The van der Waals surface area contributed by atoms with E-state index >= 15 is 0 Å². The van der Waals surface area contributed by atoms with Crippen LogP contribution in [-0.2, 0) is 10.8 Å². The molecule has 0 aliphatic carbocycles. The van der Waals surface area contributed by atoms with Gasteiger partial charge >= 0.3 is 0 Å². The van der Waals surface area contributed by atoms with Crippen LogP contribution >= 0.6 is 22.7 Å². The van der Waals surface area contributed by atoms with Crippen molar-refractivity contribution < 1.29 is 0 Å². The topological polar surface area (TPSA) is 57.4 Å². The first-order valence-corrected chi connectivity index (χ1v) is 21.4. The summed E-state index contributed by atoms with van der Waals surface area (Å²) in [5.74, 6) is 0. The summed E-state index contributed by atoms with van der Waals surface area (Å²) in [6.45, 7) is 13.1. The van der Waals surface area contributed by atoms with Gasteiger partial charge in [0.2, 0.25) is 0 Å². The lowest BCUT2D eigenvalue weighted by atomic mass is 9.74. The van der Waals surface area contributed by atoms with Gasteiger partial charge in [-0.15, -0.1) is 22.7 Å². The van der Waals surface area contributed by atoms with Crippen LogP contribution in [-0.4, -0.2) is 9.13 Å². The van der Waals surface area contributed by atoms with Crippen LogP contribution in [0, 0.1) is 22.7 Å². The molecular formula is C52H38N4S2. The Morgan fingerprint density at radius 2 is 0.776 bits per heavy atom. The van der Waals surface area contributed by atoms with E-state index in [0.29, 0.717) is 11.1 Å². The zero-order valence-corrected chi connectivity index (χ0v) is 34.8. The fourth-order valence-electron chi connectivity index (χ4n) is 9.78. The van der Waals surface area contributed by atoms with Crippen molar-refractivity contribution >= 4 is 107 Å². The van der Waals surface area contributed by atoms with Gasteiger partial charge in [0.25, 0.3) is 0 Å². The fraction of sp³-hybridized carbons (Fsp3) is 0.154.